The molecule has 27 heavy (non-hydrogen) atoms. The fourth-order valence-electron chi connectivity index (χ4n) is 2.41. The summed E-state index contributed by atoms with van der Waals surface area (Å²) in [4.78, 5) is 24.1. The van der Waals surface area contributed by atoms with Crippen LogP contribution in [0.15, 0.2) is 42.5 Å². The summed E-state index contributed by atoms with van der Waals surface area (Å²) in [6.07, 6.45) is 3.46. The van der Waals surface area contributed by atoms with Gasteiger partial charge in [0.25, 0.3) is 0 Å². The monoisotopic (exact) mass is 384 g/mol. The van der Waals surface area contributed by atoms with E-state index in [-0.39, 0.29) is 23.3 Å². The Morgan fingerprint density at radius 2 is 1.89 bits per heavy atom. The zero-order chi connectivity index (χ0) is 19.6. The molecule has 0 aliphatic heterocycles. The van der Waals surface area contributed by atoms with Crippen molar-refractivity contribution in [2.24, 2.45) is 0 Å². The number of unbranched alkanes of at least 4 members (excludes halogenated alkanes) is 2. The second kappa shape index (κ2) is 10.3. The Morgan fingerprint density at radius 3 is 2.52 bits per heavy atom. The molecule has 140 valence electrons. The van der Waals surface area contributed by atoms with Crippen LogP contribution in [0.2, 0.25) is 5.02 Å². The molecule has 2 aromatic rings. The number of ether oxygens (including phenoxy) is 1. The van der Waals surface area contributed by atoms with Crippen molar-refractivity contribution in [3.8, 4) is 11.8 Å². The van der Waals surface area contributed by atoms with E-state index in [0.717, 1.165) is 19.3 Å². The van der Waals surface area contributed by atoms with Gasteiger partial charge in [0.15, 0.2) is 12.4 Å². The Morgan fingerprint density at radius 1 is 1.15 bits per heavy atom. The number of hydrogen-bond acceptors (Lipinski definition) is 4. The van der Waals surface area contributed by atoms with Crippen LogP contribution in [0.25, 0.3) is 0 Å². The number of benzene rings is 2. The lowest BCUT2D eigenvalue weighted by atomic mass is 10.1. The number of nitriles is 1. The van der Waals surface area contributed by atoms with E-state index in [1.165, 1.54) is 6.07 Å². The lowest BCUT2D eigenvalue weighted by molar-refractivity contribution is -0.116. The van der Waals surface area contributed by atoms with Gasteiger partial charge in [0.2, 0.25) is 5.91 Å². The van der Waals surface area contributed by atoms with Crippen molar-refractivity contribution in [3.05, 3.63) is 58.6 Å². The minimum absolute atomic E-state index is 0.0266. The number of amides is 1. The van der Waals surface area contributed by atoms with E-state index < -0.39 is 0 Å². The third-order valence-corrected chi connectivity index (χ3v) is 4.21. The predicted octanol–water partition coefficient (Wildman–Crippen LogP) is 4.99. The maximum atomic E-state index is 12.3. The number of rotatable bonds is 9. The largest absolute Gasteiger partial charge is 0.484 e. The van der Waals surface area contributed by atoms with Gasteiger partial charge in [-0.05, 0) is 48.9 Å². The number of ketones is 1. The molecule has 1 amide bonds. The summed E-state index contributed by atoms with van der Waals surface area (Å²) in [6.45, 7) is 1.92. The molecule has 0 aliphatic carbocycles. The van der Waals surface area contributed by atoms with E-state index in [2.05, 4.69) is 12.2 Å². The molecule has 0 spiro atoms. The van der Waals surface area contributed by atoms with Crippen LogP contribution >= 0.6 is 11.6 Å². The Balaban J connectivity index is 1.88. The average molecular weight is 385 g/mol. The molecule has 0 atom stereocenters. The highest BCUT2D eigenvalue weighted by molar-refractivity contribution is 6.32. The first-order valence-electron chi connectivity index (χ1n) is 8.79. The standard InChI is InChI=1S/C21H21ClN2O3/c1-2-3-4-5-21(26)24-17-9-7-16(8-10-17)19(25)14-27-20-11-6-15(13-23)12-18(20)22/h6-12H,2-5,14H2,1H3,(H,24,26). The van der Waals surface area contributed by atoms with Crippen LogP contribution in [-0.4, -0.2) is 18.3 Å². The highest BCUT2D eigenvalue weighted by Crippen LogP contribution is 2.25. The molecule has 0 aromatic heterocycles. The van der Waals surface area contributed by atoms with Gasteiger partial charge in [0.05, 0.1) is 16.7 Å². The van der Waals surface area contributed by atoms with Crippen LogP contribution in [0.4, 0.5) is 5.69 Å². The number of carbonyl (C=O) groups excluding carboxylic acids is 2. The highest BCUT2D eigenvalue weighted by atomic mass is 35.5. The Bertz CT molecular complexity index is 841. The smallest absolute Gasteiger partial charge is 0.224 e. The lowest BCUT2D eigenvalue weighted by Crippen LogP contribution is -2.13. The number of hydrogen-bond donors (Lipinski definition) is 1. The molecule has 0 fully saturated rings. The van der Waals surface area contributed by atoms with Gasteiger partial charge in [0, 0.05) is 17.7 Å². The second-order valence-corrected chi connectivity index (χ2v) is 6.46. The minimum atomic E-state index is -0.212. The van der Waals surface area contributed by atoms with Crippen LogP contribution in [-0.2, 0) is 4.79 Å². The van der Waals surface area contributed by atoms with E-state index in [0.29, 0.717) is 29.0 Å². The van der Waals surface area contributed by atoms with E-state index in [9.17, 15) is 9.59 Å². The van der Waals surface area contributed by atoms with Gasteiger partial charge in [-0.3, -0.25) is 9.59 Å². The van der Waals surface area contributed by atoms with Crippen molar-refractivity contribution in [3.63, 3.8) is 0 Å². The predicted molar refractivity (Wildman–Crippen MR) is 105 cm³/mol. The molecule has 5 nitrogen and oxygen atoms in total. The zero-order valence-corrected chi connectivity index (χ0v) is 15.9. The molecule has 6 heteroatoms. The summed E-state index contributed by atoms with van der Waals surface area (Å²) in [7, 11) is 0. The van der Waals surface area contributed by atoms with Crippen LogP contribution in [0.5, 0.6) is 5.75 Å². The summed E-state index contributed by atoms with van der Waals surface area (Å²) in [6, 6.07) is 13.3. The molecule has 0 radical (unpaired) electrons. The van der Waals surface area contributed by atoms with Gasteiger partial charge in [-0.25, -0.2) is 0 Å². The number of Topliss-reactive ketones (excluding diaryl/α,β-unsaturated/α-hetero) is 1. The normalized spacial score (nSPS) is 10.1. The van der Waals surface area contributed by atoms with Gasteiger partial charge in [-0.2, -0.15) is 5.26 Å². The van der Waals surface area contributed by atoms with Crippen LogP contribution in [0.3, 0.4) is 0 Å². The number of nitrogens with zero attached hydrogens (tertiary/aromatic N) is 1. The summed E-state index contributed by atoms with van der Waals surface area (Å²) in [5.74, 6) is 0.109. The SMILES string of the molecule is CCCCCC(=O)Nc1ccc(C(=O)COc2ccc(C#N)cc2Cl)cc1. The first kappa shape index (κ1) is 20.5. The van der Waals surface area contributed by atoms with Crippen molar-refractivity contribution in [1.29, 1.82) is 5.26 Å². The highest BCUT2D eigenvalue weighted by Gasteiger charge is 2.10. The van der Waals surface area contributed by atoms with Crippen molar-refractivity contribution < 1.29 is 14.3 Å². The van der Waals surface area contributed by atoms with Crippen LogP contribution in [0.1, 0.15) is 48.5 Å². The molecule has 2 rings (SSSR count). The van der Waals surface area contributed by atoms with E-state index in [1.807, 2.05) is 6.07 Å². The van der Waals surface area contributed by atoms with Gasteiger partial charge < -0.3 is 10.1 Å². The fraction of sp³-hybridized carbons (Fsp3) is 0.286. The topological polar surface area (TPSA) is 79.2 Å². The third-order valence-electron chi connectivity index (χ3n) is 3.92. The van der Waals surface area contributed by atoms with Gasteiger partial charge >= 0.3 is 0 Å². The molecule has 0 heterocycles. The third kappa shape index (κ3) is 6.43. The minimum Gasteiger partial charge on any atom is -0.484 e. The molecule has 0 bridgehead atoms. The number of nitrogens with one attached hydrogen (secondary N) is 1. The van der Waals surface area contributed by atoms with Crippen molar-refractivity contribution in [2.75, 3.05) is 11.9 Å². The first-order chi connectivity index (χ1) is 13.0. The van der Waals surface area contributed by atoms with Gasteiger partial charge in [-0.1, -0.05) is 31.4 Å². The molecule has 1 N–H and O–H groups in total. The number of carbonyl (C=O) groups is 2. The molecular formula is C21H21ClN2O3. The van der Waals surface area contributed by atoms with Crippen molar-refractivity contribution >= 4 is 29.0 Å². The molecule has 0 aliphatic rings. The molecule has 0 saturated heterocycles. The van der Waals surface area contributed by atoms with Crippen LogP contribution < -0.4 is 10.1 Å². The van der Waals surface area contributed by atoms with Gasteiger partial charge in [0.1, 0.15) is 5.75 Å². The second-order valence-electron chi connectivity index (χ2n) is 6.05. The average Bonchev–Trinajstić information content (AvgIpc) is 2.67. The van der Waals surface area contributed by atoms with E-state index in [4.69, 9.17) is 21.6 Å². The summed E-state index contributed by atoms with van der Waals surface area (Å²) < 4.78 is 5.44. The van der Waals surface area contributed by atoms with Crippen molar-refractivity contribution in [1.82, 2.24) is 0 Å². The maximum Gasteiger partial charge on any atom is 0.224 e. The number of anilines is 1. The Kier molecular flexibility index (Phi) is 7.84. The van der Waals surface area contributed by atoms with E-state index in [1.54, 1.807) is 36.4 Å². The quantitative estimate of drug-likeness (QED) is 0.487. The lowest BCUT2D eigenvalue weighted by Gasteiger charge is -2.09. The molecule has 0 unspecified atom stereocenters. The molecule has 0 saturated carbocycles. The maximum absolute atomic E-state index is 12.3. The summed E-state index contributed by atoms with van der Waals surface area (Å²) in [5.41, 5.74) is 1.55. The summed E-state index contributed by atoms with van der Waals surface area (Å²) in [5, 5.41) is 11.9. The number of halogens is 1. The van der Waals surface area contributed by atoms with Crippen LogP contribution in [0, 0.1) is 11.3 Å². The fourth-order valence-corrected chi connectivity index (χ4v) is 2.65. The van der Waals surface area contributed by atoms with Gasteiger partial charge in [-0.15, -0.1) is 0 Å². The Hall–Kier alpha value is -2.84. The first-order valence-corrected chi connectivity index (χ1v) is 9.17. The zero-order valence-electron chi connectivity index (χ0n) is 15.1. The molecule has 2 aromatic carbocycles. The van der Waals surface area contributed by atoms with Crippen molar-refractivity contribution in [2.45, 2.75) is 32.6 Å². The van der Waals surface area contributed by atoms with E-state index >= 15 is 0 Å². The Labute approximate surface area is 163 Å². The summed E-state index contributed by atoms with van der Waals surface area (Å²) >= 11 is 6.02. The molecular weight excluding hydrogens is 364 g/mol.